The van der Waals surface area contributed by atoms with E-state index in [1.807, 2.05) is 18.2 Å². The van der Waals surface area contributed by atoms with Gasteiger partial charge in [-0.15, -0.1) is 0 Å². The maximum atomic E-state index is 2.10. The molecule has 0 saturated heterocycles. The van der Waals surface area contributed by atoms with Crippen LogP contribution in [0.25, 0.3) is 5.69 Å². The van der Waals surface area contributed by atoms with Gasteiger partial charge in [0, 0.05) is 12.1 Å². The van der Waals surface area contributed by atoms with E-state index in [0.29, 0.717) is 0 Å². The molecule has 1 heterocycles. The Bertz CT molecular complexity index is 313. The highest BCUT2D eigenvalue weighted by Crippen LogP contribution is 1.99. The number of benzene rings is 1. The van der Waals surface area contributed by atoms with Crippen LogP contribution in [-0.4, -0.2) is 0 Å². The third kappa shape index (κ3) is 1.30. The van der Waals surface area contributed by atoms with Gasteiger partial charge in [-0.25, -0.2) is 0 Å². The van der Waals surface area contributed by atoms with Crippen molar-refractivity contribution >= 4 is 11.3 Å². The average molecular weight is 162 g/mol. The van der Waals surface area contributed by atoms with Crippen molar-refractivity contribution in [1.29, 1.82) is 0 Å². The molecular weight excluding hydrogens is 154 g/mol. The third-order valence-electron chi connectivity index (χ3n) is 1.53. The molecule has 0 aliphatic carbocycles. The molecule has 0 unspecified atom stereocenters. The monoisotopic (exact) mass is 162 g/mol. The summed E-state index contributed by atoms with van der Waals surface area (Å²) < 4.78 is 2.10. The summed E-state index contributed by atoms with van der Waals surface area (Å²) in [5.74, 6) is 0. The molecule has 0 spiro atoms. The van der Waals surface area contributed by atoms with E-state index in [1.165, 1.54) is 5.69 Å². The molecule has 2 aromatic rings. The number of hydrogen-bond acceptors (Lipinski definition) is 1. The quantitative estimate of drug-likeness (QED) is 0.565. The van der Waals surface area contributed by atoms with Gasteiger partial charge < -0.3 is 0 Å². The molecule has 2 rings (SSSR count). The molecule has 0 saturated carbocycles. The van der Waals surface area contributed by atoms with Crippen LogP contribution in [-0.2, 0) is 0 Å². The SMILES string of the molecule is c1ccc(-[n+]2ccsc2)cc1. The molecule has 0 radical (unpaired) electrons. The summed E-state index contributed by atoms with van der Waals surface area (Å²) in [5, 5.41) is 2.06. The van der Waals surface area contributed by atoms with Crippen molar-refractivity contribution < 1.29 is 4.57 Å². The molecule has 11 heavy (non-hydrogen) atoms. The Morgan fingerprint density at radius 2 is 1.91 bits per heavy atom. The van der Waals surface area contributed by atoms with Gasteiger partial charge >= 0.3 is 0 Å². The van der Waals surface area contributed by atoms with Crippen molar-refractivity contribution in [2.75, 3.05) is 0 Å². The average Bonchev–Trinajstić information content (AvgIpc) is 2.58. The van der Waals surface area contributed by atoms with Gasteiger partial charge in [-0.3, -0.25) is 0 Å². The normalized spacial score (nSPS) is 9.82. The number of para-hydroxylation sites is 1. The lowest BCUT2D eigenvalue weighted by molar-refractivity contribution is -0.590. The number of rotatable bonds is 1. The van der Waals surface area contributed by atoms with Crippen LogP contribution >= 0.6 is 11.3 Å². The first-order valence-corrected chi connectivity index (χ1v) is 4.40. The van der Waals surface area contributed by atoms with Crippen LogP contribution in [0.2, 0.25) is 0 Å². The molecule has 0 aliphatic heterocycles. The van der Waals surface area contributed by atoms with Gasteiger partial charge in [-0.05, 0) is 0 Å². The molecule has 1 nitrogen and oxygen atoms in total. The molecule has 54 valence electrons. The van der Waals surface area contributed by atoms with Crippen LogP contribution in [0.3, 0.4) is 0 Å². The number of thiazole rings is 1. The zero-order valence-corrected chi connectivity index (χ0v) is 6.79. The molecule has 0 N–H and O–H groups in total. The Kier molecular flexibility index (Phi) is 1.69. The van der Waals surface area contributed by atoms with Crippen molar-refractivity contribution in [2.45, 2.75) is 0 Å². The second kappa shape index (κ2) is 2.84. The minimum absolute atomic E-state index is 1.22. The lowest BCUT2D eigenvalue weighted by Gasteiger charge is -1.87. The summed E-state index contributed by atoms with van der Waals surface area (Å²) in [6.07, 6.45) is 2.06. The summed E-state index contributed by atoms with van der Waals surface area (Å²) in [4.78, 5) is 0. The molecule has 0 amide bonds. The van der Waals surface area contributed by atoms with Crippen LogP contribution in [0.1, 0.15) is 0 Å². The smallest absolute Gasteiger partial charge is 0.157 e. The fourth-order valence-corrected chi connectivity index (χ4v) is 1.58. The molecule has 0 atom stereocenters. The maximum Gasteiger partial charge on any atom is 0.230 e. The Morgan fingerprint density at radius 1 is 1.09 bits per heavy atom. The number of hydrogen-bond donors (Lipinski definition) is 0. The standard InChI is InChI=1S/C9H8NS/c1-2-4-9(5-3-1)10-6-7-11-8-10/h1-8H/q+1. The summed E-state index contributed by atoms with van der Waals surface area (Å²) in [6.45, 7) is 0. The zero-order chi connectivity index (χ0) is 7.52. The first kappa shape index (κ1) is 6.55. The van der Waals surface area contributed by atoms with E-state index in [9.17, 15) is 0 Å². The molecule has 2 heteroatoms. The highest BCUT2D eigenvalue weighted by Gasteiger charge is 2.01. The van der Waals surface area contributed by atoms with Gasteiger partial charge in [0.25, 0.3) is 0 Å². The van der Waals surface area contributed by atoms with Gasteiger partial charge in [0.05, 0.1) is 5.38 Å². The number of nitrogens with zero attached hydrogens (tertiary/aromatic N) is 1. The van der Waals surface area contributed by atoms with Gasteiger partial charge in [-0.1, -0.05) is 29.5 Å². The Hall–Kier alpha value is -1.15. The van der Waals surface area contributed by atoms with Gasteiger partial charge in [-0.2, -0.15) is 4.57 Å². The first-order valence-electron chi connectivity index (χ1n) is 3.46. The van der Waals surface area contributed by atoms with E-state index in [2.05, 4.69) is 33.8 Å². The maximum absolute atomic E-state index is 2.10. The first-order chi connectivity index (χ1) is 5.47. The number of aromatic nitrogens is 1. The van der Waals surface area contributed by atoms with E-state index in [0.717, 1.165) is 0 Å². The zero-order valence-electron chi connectivity index (χ0n) is 5.97. The van der Waals surface area contributed by atoms with E-state index in [1.54, 1.807) is 11.3 Å². The Morgan fingerprint density at radius 3 is 2.55 bits per heavy atom. The highest BCUT2D eigenvalue weighted by molar-refractivity contribution is 7.07. The van der Waals surface area contributed by atoms with Crippen LogP contribution in [0, 0.1) is 0 Å². The highest BCUT2D eigenvalue weighted by atomic mass is 32.1. The van der Waals surface area contributed by atoms with Crippen LogP contribution in [0.4, 0.5) is 0 Å². The minimum Gasteiger partial charge on any atom is -0.157 e. The predicted octanol–water partition coefficient (Wildman–Crippen LogP) is 2.02. The Labute approximate surface area is 69.6 Å². The lowest BCUT2D eigenvalue weighted by Crippen LogP contribution is -2.25. The summed E-state index contributed by atoms with van der Waals surface area (Å²) in [5.41, 5.74) is 3.30. The second-order valence-corrected chi connectivity index (χ2v) is 3.02. The van der Waals surface area contributed by atoms with Crippen molar-refractivity contribution in [2.24, 2.45) is 0 Å². The Balaban J connectivity index is 2.46. The molecule has 0 aliphatic rings. The third-order valence-corrected chi connectivity index (χ3v) is 2.16. The molecule has 0 fully saturated rings. The minimum atomic E-state index is 1.22. The van der Waals surface area contributed by atoms with E-state index in [-0.39, 0.29) is 0 Å². The molecule has 1 aromatic carbocycles. The van der Waals surface area contributed by atoms with Crippen molar-refractivity contribution in [1.82, 2.24) is 0 Å². The van der Waals surface area contributed by atoms with Crippen molar-refractivity contribution in [3.8, 4) is 5.69 Å². The summed E-state index contributed by atoms with van der Waals surface area (Å²) >= 11 is 1.70. The fraction of sp³-hybridized carbons (Fsp3) is 0. The molecule has 0 bridgehead atoms. The summed E-state index contributed by atoms with van der Waals surface area (Å²) in [6, 6.07) is 10.3. The summed E-state index contributed by atoms with van der Waals surface area (Å²) in [7, 11) is 0. The fourth-order valence-electron chi connectivity index (χ4n) is 0.984. The van der Waals surface area contributed by atoms with Crippen molar-refractivity contribution in [3.05, 3.63) is 47.4 Å². The van der Waals surface area contributed by atoms with Crippen LogP contribution in [0.5, 0.6) is 0 Å². The molecular formula is C9H8NS+. The lowest BCUT2D eigenvalue weighted by atomic mass is 10.3. The van der Waals surface area contributed by atoms with Gasteiger partial charge in [0.2, 0.25) is 11.2 Å². The van der Waals surface area contributed by atoms with Gasteiger partial charge in [0.15, 0.2) is 6.20 Å². The topological polar surface area (TPSA) is 3.88 Å². The largest absolute Gasteiger partial charge is 0.230 e. The second-order valence-electron chi connectivity index (χ2n) is 2.27. The van der Waals surface area contributed by atoms with E-state index < -0.39 is 0 Å². The van der Waals surface area contributed by atoms with E-state index >= 15 is 0 Å². The molecule has 1 aromatic heterocycles. The van der Waals surface area contributed by atoms with Crippen molar-refractivity contribution in [3.63, 3.8) is 0 Å². The van der Waals surface area contributed by atoms with Gasteiger partial charge in [0.1, 0.15) is 0 Å². The van der Waals surface area contributed by atoms with Crippen LogP contribution < -0.4 is 4.57 Å². The van der Waals surface area contributed by atoms with Crippen LogP contribution in [0.15, 0.2) is 47.4 Å². The predicted molar refractivity (Wildman–Crippen MR) is 45.9 cm³/mol. The van der Waals surface area contributed by atoms with E-state index in [4.69, 9.17) is 0 Å².